The van der Waals surface area contributed by atoms with Gasteiger partial charge in [0.25, 0.3) is 0 Å². The van der Waals surface area contributed by atoms with Crippen LogP contribution in [0.25, 0.3) is 33.0 Å². The lowest BCUT2D eigenvalue weighted by atomic mass is 10.1. The topological polar surface area (TPSA) is 150 Å². The fraction of sp³-hybridized carbons (Fsp3) is 0.280. The zero-order valence-electron chi connectivity index (χ0n) is 19.8. The summed E-state index contributed by atoms with van der Waals surface area (Å²) in [6.45, 7) is 2.42. The number of imidazole rings is 1. The van der Waals surface area contributed by atoms with Crippen LogP contribution in [-0.2, 0) is 4.74 Å². The van der Waals surface area contributed by atoms with E-state index in [1.165, 1.54) is 17.2 Å². The molecule has 1 aliphatic heterocycles. The van der Waals surface area contributed by atoms with Crippen molar-refractivity contribution in [3.63, 3.8) is 0 Å². The maximum atomic E-state index is 10.5. The Kier molecular flexibility index (Phi) is 6.80. The van der Waals surface area contributed by atoms with Crippen molar-refractivity contribution in [3.05, 3.63) is 55.1 Å². The van der Waals surface area contributed by atoms with Crippen molar-refractivity contribution in [2.24, 2.45) is 0 Å². The van der Waals surface area contributed by atoms with Crippen molar-refractivity contribution in [3.8, 4) is 0 Å². The molecule has 1 saturated heterocycles. The van der Waals surface area contributed by atoms with Crippen LogP contribution in [0.3, 0.4) is 0 Å². The molecule has 0 radical (unpaired) electrons. The first kappa shape index (κ1) is 25.1. The molecule has 0 unspecified atom stereocenters. The number of nitrogens with one attached hydrogen (secondary N) is 2. The van der Waals surface area contributed by atoms with Gasteiger partial charge in [0.1, 0.15) is 24.6 Å². The van der Waals surface area contributed by atoms with E-state index in [0.29, 0.717) is 17.0 Å². The largest absolute Gasteiger partial charge is 0.394 e. The summed E-state index contributed by atoms with van der Waals surface area (Å²) in [6, 6.07) is 13.9. The predicted octanol–water partition coefficient (Wildman–Crippen LogP) is 2.74. The van der Waals surface area contributed by atoms with Gasteiger partial charge in [-0.1, -0.05) is 18.2 Å². The standard InChI is InChI=1S/C25H25N7O4.ClH/c1-2-26-13-7-8-17-15(9-13)19(14-5-3-4-6-16(14)30-17)31-23-20-24(28-11-27-23)32(12-29-20)25-22(35)21(34)18(10-33)36-25;/h3-9,11-12,18,21-22,25-26,33-35H,2,10H2,1H3,(H,27,28,30,31);1H/t18-,21-,22-,25-;/m1./s1. The number of rotatable bonds is 6. The van der Waals surface area contributed by atoms with E-state index in [0.717, 1.165) is 39.7 Å². The second kappa shape index (κ2) is 10.0. The maximum absolute atomic E-state index is 10.5. The van der Waals surface area contributed by atoms with E-state index in [2.05, 4.69) is 31.7 Å². The number of ether oxygens (including phenoxy) is 1. The molecule has 1 aliphatic rings. The Hall–Kier alpha value is -3.61. The van der Waals surface area contributed by atoms with Crippen LogP contribution in [-0.4, -0.2) is 71.3 Å². The molecule has 37 heavy (non-hydrogen) atoms. The number of aliphatic hydroxyl groups is 3. The number of nitrogens with zero attached hydrogens (tertiary/aromatic N) is 5. The van der Waals surface area contributed by atoms with E-state index in [-0.39, 0.29) is 12.4 Å². The minimum Gasteiger partial charge on any atom is -0.394 e. The molecule has 12 heteroatoms. The van der Waals surface area contributed by atoms with Crippen LogP contribution in [0.2, 0.25) is 0 Å². The highest BCUT2D eigenvalue weighted by molar-refractivity contribution is 6.10. The SMILES string of the molecule is CCNc1ccc2nc3ccccc3c(Nc3ncnc4c3ncn4[C@@H]3O[C@H](CO)[C@@H](O)[C@H]3O)c2c1.Cl. The van der Waals surface area contributed by atoms with E-state index < -0.39 is 31.1 Å². The molecule has 5 N–H and O–H groups in total. The maximum Gasteiger partial charge on any atom is 0.167 e. The van der Waals surface area contributed by atoms with Crippen LogP contribution in [0.1, 0.15) is 13.2 Å². The van der Waals surface area contributed by atoms with Gasteiger partial charge in [-0.05, 0) is 31.2 Å². The number of benzene rings is 2. The number of anilines is 3. The molecule has 11 nitrogen and oxygen atoms in total. The quantitative estimate of drug-likeness (QED) is 0.210. The first-order valence-corrected chi connectivity index (χ1v) is 11.7. The summed E-state index contributed by atoms with van der Waals surface area (Å²) >= 11 is 0. The van der Waals surface area contributed by atoms with Crippen molar-refractivity contribution < 1.29 is 20.1 Å². The van der Waals surface area contributed by atoms with Gasteiger partial charge in [0.15, 0.2) is 23.2 Å². The number of hydrogen-bond donors (Lipinski definition) is 5. The van der Waals surface area contributed by atoms with Crippen molar-refractivity contribution in [1.82, 2.24) is 24.5 Å². The lowest BCUT2D eigenvalue weighted by Gasteiger charge is -2.17. The van der Waals surface area contributed by atoms with E-state index in [4.69, 9.17) is 9.72 Å². The molecule has 192 valence electrons. The van der Waals surface area contributed by atoms with Gasteiger partial charge in [-0.3, -0.25) is 4.57 Å². The molecule has 4 heterocycles. The molecule has 0 bridgehead atoms. The van der Waals surface area contributed by atoms with Crippen molar-refractivity contribution in [1.29, 1.82) is 0 Å². The Morgan fingerprint density at radius 1 is 1.00 bits per heavy atom. The van der Waals surface area contributed by atoms with Gasteiger partial charge in [-0.2, -0.15) is 0 Å². The Morgan fingerprint density at radius 3 is 2.59 bits per heavy atom. The van der Waals surface area contributed by atoms with Crippen LogP contribution in [0.4, 0.5) is 17.2 Å². The molecule has 5 aromatic rings. The van der Waals surface area contributed by atoms with Gasteiger partial charge in [0.2, 0.25) is 0 Å². The third kappa shape index (κ3) is 4.20. The van der Waals surface area contributed by atoms with Crippen LogP contribution in [0, 0.1) is 0 Å². The third-order valence-corrected chi connectivity index (χ3v) is 6.45. The van der Waals surface area contributed by atoms with Crippen molar-refractivity contribution in [2.45, 2.75) is 31.5 Å². The molecule has 0 amide bonds. The zero-order valence-corrected chi connectivity index (χ0v) is 20.6. The number of fused-ring (bicyclic) bond motifs is 3. The first-order chi connectivity index (χ1) is 17.6. The van der Waals surface area contributed by atoms with Crippen LogP contribution >= 0.6 is 12.4 Å². The van der Waals surface area contributed by atoms with Crippen molar-refractivity contribution in [2.75, 3.05) is 23.8 Å². The molecule has 0 aliphatic carbocycles. The normalized spacial score (nSPS) is 21.4. The first-order valence-electron chi connectivity index (χ1n) is 11.7. The number of hydrogen-bond acceptors (Lipinski definition) is 10. The highest BCUT2D eigenvalue weighted by Crippen LogP contribution is 2.36. The Morgan fingerprint density at radius 2 is 1.81 bits per heavy atom. The minimum absolute atomic E-state index is 0. The average molecular weight is 524 g/mol. The molecule has 0 saturated carbocycles. The number of para-hydroxylation sites is 1. The van der Waals surface area contributed by atoms with Gasteiger partial charge in [-0.25, -0.2) is 19.9 Å². The number of halogens is 1. The van der Waals surface area contributed by atoms with Gasteiger partial charge in [-0.15, -0.1) is 12.4 Å². The van der Waals surface area contributed by atoms with Gasteiger partial charge in [0.05, 0.1) is 29.7 Å². The molecule has 0 spiro atoms. The fourth-order valence-electron chi connectivity index (χ4n) is 4.70. The van der Waals surface area contributed by atoms with Gasteiger partial charge < -0.3 is 30.7 Å². The number of pyridine rings is 1. The molecule has 2 aromatic carbocycles. The monoisotopic (exact) mass is 523 g/mol. The number of aromatic nitrogens is 5. The van der Waals surface area contributed by atoms with Crippen molar-refractivity contribution >= 4 is 62.6 Å². The average Bonchev–Trinajstić information content (AvgIpc) is 3.45. The highest BCUT2D eigenvalue weighted by Gasteiger charge is 2.44. The molecular weight excluding hydrogens is 498 g/mol. The minimum atomic E-state index is -1.25. The van der Waals surface area contributed by atoms with Crippen LogP contribution in [0.5, 0.6) is 0 Å². The summed E-state index contributed by atoms with van der Waals surface area (Å²) in [5.74, 6) is 0.469. The highest BCUT2D eigenvalue weighted by atomic mass is 35.5. The summed E-state index contributed by atoms with van der Waals surface area (Å²) in [5, 5.41) is 38.8. The summed E-state index contributed by atoms with van der Waals surface area (Å²) in [6.07, 6.45) is -1.44. The summed E-state index contributed by atoms with van der Waals surface area (Å²) < 4.78 is 7.21. The lowest BCUT2D eigenvalue weighted by molar-refractivity contribution is -0.0511. The molecule has 6 rings (SSSR count). The van der Waals surface area contributed by atoms with E-state index in [1.807, 2.05) is 43.3 Å². The smallest absolute Gasteiger partial charge is 0.167 e. The Labute approximate surface area is 217 Å². The Bertz CT molecular complexity index is 1580. The summed E-state index contributed by atoms with van der Waals surface area (Å²) in [5.41, 5.74) is 4.36. The zero-order chi connectivity index (χ0) is 24.8. The third-order valence-electron chi connectivity index (χ3n) is 6.45. The van der Waals surface area contributed by atoms with E-state index in [1.54, 1.807) is 0 Å². The van der Waals surface area contributed by atoms with Gasteiger partial charge in [0, 0.05) is 23.0 Å². The lowest BCUT2D eigenvalue weighted by Crippen LogP contribution is -2.33. The second-order valence-electron chi connectivity index (χ2n) is 8.67. The molecule has 3 aromatic heterocycles. The predicted molar refractivity (Wildman–Crippen MR) is 142 cm³/mol. The van der Waals surface area contributed by atoms with E-state index in [9.17, 15) is 15.3 Å². The summed E-state index contributed by atoms with van der Waals surface area (Å²) in [7, 11) is 0. The van der Waals surface area contributed by atoms with Crippen LogP contribution < -0.4 is 10.6 Å². The molecular formula is C25H26ClN7O4. The number of aliphatic hydroxyl groups excluding tert-OH is 3. The summed E-state index contributed by atoms with van der Waals surface area (Å²) in [4.78, 5) is 18.1. The van der Waals surface area contributed by atoms with Crippen LogP contribution in [0.15, 0.2) is 55.1 Å². The van der Waals surface area contributed by atoms with Gasteiger partial charge >= 0.3 is 0 Å². The fourth-order valence-corrected chi connectivity index (χ4v) is 4.70. The van der Waals surface area contributed by atoms with E-state index >= 15 is 0 Å². The molecule has 1 fully saturated rings. The second-order valence-corrected chi connectivity index (χ2v) is 8.67. The Balaban J connectivity index is 0.00000280. The molecule has 4 atom stereocenters.